The first-order chi connectivity index (χ1) is 16.7. The Morgan fingerprint density at radius 2 is 1.71 bits per heavy atom. The Labute approximate surface area is 212 Å². The maximum absolute atomic E-state index is 12.9. The minimum atomic E-state index is -4.07. The number of halogens is 1. The Balaban J connectivity index is 1.55. The van der Waals surface area contributed by atoms with Crippen LogP contribution in [-0.2, 0) is 21.5 Å². The normalized spacial score (nSPS) is 15.1. The SMILES string of the molecule is COc1cc(/C=C2\SC(=O)N(Cc3ccccc3Cl)C2=O)ccc1OS(=O)(=O)c1ccc(C)cc1. The van der Waals surface area contributed by atoms with Crippen LogP contribution in [0.2, 0.25) is 5.02 Å². The van der Waals surface area contributed by atoms with Gasteiger partial charge in [-0.1, -0.05) is 53.6 Å². The third-order valence-electron chi connectivity index (χ3n) is 5.15. The topological polar surface area (TPSA) is 90.0 Å². The number of methoxy groups -OCH3 is 1. The minimum Gasteiger partial charge on any atom is -0.493 e. The van der Waals surface area contributed by atoms with Gasteiger partial charge in [-0.25, -0.2) is 0 Å². The molecule has 1 fully saturated rings. The molecule has 180 valence electrons. The quantitative estimate of drug-likeness (QED) is 0.288. The van der Waals surface area contributed by atoms with E-state index < -0.39 is 21.3 Å². The van der Waals surface area contributed by atoms with Crippen molar-refractivity contribution in [1.82, 2.24) is 4.90 Å². The molecule has 7 nitrogen and oxygen atoms in total. The third-order valence-corrected chi connectivity index (χ3v) is 7.68. The molecule has 0 N–H and O–H groups in total. The van der Waals surface area contributed by atoms with Gasteiger partial charge in [-0.2, -0.15) is 8.42 Å². The van der Waals surface area contributed by atoms with Crippen molar-refractivity contribution in [2.45, 2.75) is 18.4 Å². The van der Waals surface area contributed by atoms with E-state index >= 15 is 0 Å². The zero-order chi connectivity index (χ0) is 25.2. The Kier molecular flexibility index (Phi) is 7.20. The summed E-state index contributed by atoms with van der Waals surface area (Å²) in [7, 11) is -2.69. The molecular formula is C25H20ClNO6S2. The van der Waals surface area contributed by atoms with Crippen LogP contribution >= 0.6 is 23.4 Å². The summed E-state index contributed by atoms with van der Waals surface area (Å²) in [5.74, 6) is -0.289. The van der Waals surface area contributed by atoms with E-state index in [2.05, 4.69) is 0 Å². The van der Waals surface area contributed by atoms with Crippen molar-refractivity contribution in [2.75, 3.05) is 7.11 Å². The highest BCUT2D eigenvalue weighted by molar-refractivity contribution is 8.18. The molecule has 10 heteroatoms. The molecule has 0 unspecified atom stereocenters. The second-order valence-electron chi connectivity index (χ2n) is 7.62. The molecule has 0 aliphatic carbocycles. The largest absolute Gasteiger partial charge is 0.493 e. The maximum Gasteiger partial charge on any atom is 0.339 e. The van der Waals surface area contributed by atoms with Crippen molar-refractivity contribution in [3.8, 4) is 11.5 Å². The molecule has 0 atom stereocenters. The number of nitrogens with zero attached hydrogens (tertiary/aromatic N) is 1. The lowest BCUT2D eigenvalue weighted by Gasteiger charge is -2.13. The van der Waals surface area contributed by atoms with Crippen molar-refractivity contribution in [3.05, 3.63) is 93.3 Å². The molecular weight excluding hydrogens is 510 g/mol. The first-order valence-electron chi connectivity index (χ1n) is 10.4. The summed E-state index contributed by atoms with van der Waals surface area (Å²) in [6.45, 7) is 1.92. The standard InChI is InChI=1S/C25H20ClNO6S2/c1-16-7-10-19(11-8-16)35(30,31)33-21-12-9-17(13-22(21)32-2)14-23-24(28)27(25(29)34-23)15-18-5-3-4-6-20(18)26/h3-14H,15H2,1-2H3/b23-14-. The lowest BCUT2D eigenvalue weighted by Crippen LogP contribution is -2.27. The molecule has 1 aliphatic rings. The predicted molar refractivity (Wildman–Crippen MR) is 135 cm³/mol. The number of imide groups is 1. The Morgan fingerprint density at radius 1 is 1.00 bits per heavy atom. The van der Waals surface area contributed by atoms with E-state index in [1.807, 2.05) is 6.92 Å². The fourth-order valence-electron chi connectivity index (χ4n) is 3.30. The molecule has 1 aliphatic heterocycles. The molecule has 0 aromatic heterocycles. The van der Waals surface area contributed by atoms with E-state index in [9.17, 15) is 18.0 Å². The number of benzene rings is 3. The summed E-state index contributed by atoms with van der Waals surface area (Å²) in [4.78, 5) is 26.7. The Bertz CT molecular complexity index is 1430. The first-order valence-corrected chi connectivity index (χ1v) is 13.0. The highest BCUT2D eigenvalue weighted by Crippen LogP contribution is 2.36. The van der Waals surface area contributed by atoms with Gasteiger partial charge in [0.1, 0.15) is 4.90 Å². The van der Waals surface area contributed by atoms with Crippen LogP contribution in [0.4, 0.5) is 4.79 Å². The summed E-state index contributed by atoms with van der Waals surface area (Å²) >= 11 is 6.98. The highest BCUT2D eigenvalue weighted by atomic mass is 35.5. The van der Waals surface area contributed by atoms with Crippen molar-refractivity contribution in [1.29, 1.82) is 0 Å². The lowest BCUT2D eigenvalue weighted by molar-refractivity contribution is -0.123. The molecule has 3 aromatic carbocycles. The molecule has 0 radical (unpaired) electrons. The molecule has 2 amide bonds. The van der Waals surface area contributed by atoms with Crippen molar-refractivity contribution in [2.24, 2.45) is 0 Å². The third kappa shape index (κ3) is 5.53. The summed E-state index contributed by atoms with van der Waals surface area (Å²) in [6.07, 6.45) is 1.54. The summed E-state index contributed by atoms with van der Waals surface area (Å²) < 4.78 is 35.9. The van der Waals surface area contributed by atoms with Crippen LogP contribution < -0.4 is 8.92 Å². The number of amides is 2. The molecule has 0 bridgehead atoms. The Hall–Kier alpha value is -3.27. The van der Waals surface area contributed by atoms with E-state index in [1.165, 1.54) is 37.5 Å². The molecule has 35 heavy (non-hydrogen) atoms. The van der Waals surface area contributed by atoms with Crippen molar-refractivity contribution < 1.29 is 26.9 Å². The van der Waals surface area contributed by atoms with Gasteiger partial charge in [0.2, 0.25) is 0 Å². The molecule has 3 aromatic rings. The van der Waals surface area contributed by atoms with Crippen LogP contribution in [0.15, 0.2) is 76.5 Å². The van der Waals surface area contributed by atoms with Gasteiger partial charge >= 0.3 is 10.1 Å². The van der Waals surface area contributed by atoms with Crippen LogP contribution in [0.3, 0.4) is 0 Å². The fourth-order valence-corrected chi connectivity index (χ4v) is 5.27. The van der Waals surface area contributed by atoms with Crippen molar-refractivity contribution in [3.63, 3.8) is 0 Å². The number of hydrogen-bond donors (Lipinski definition) is 0. The fraction of sp³-hybridized carbons (Fsp3) is 0.120. The zero-order valence-electron chi connectivity index (χ0n) is 18.7. The van der Waals surface area contributed by atoms with Crippen LogP contribution in [0.25, 0.3) is 6.08 Å². The summed E-state index contributed by atoms with van der Waals surface area (Å²) in [6, 6.07) is 17.8. The Morgan fingerprint density at radius 3 is 2.40 bits per heavy atom. The van der Waals surface area contributed by atoms with Gasteiger partial charge in [-0.05, 0) is 66.2 Å². The van der Waals surface area contributed by atoms with Gasteiger partial charge in [0.15, 0.2) is 11.5 Å². The number of carbonyl (C=O) groups excluding carboxylic acids is 2. The molecule has 0 spiro atoms. The molecule has 0 saturated carbocycles. The van der Waals surface area contributed by atoms with Gasteiger partial charge in [-0.3, -0.25) is 14.5 Å². The second-order valence-corrected chi connectivity index (χ2v) is 10.6. The highest BCUT2D eigenvalue weighted by Gasteiger charge is 2.35. The minimum absolute atomic E-state index is 0.00273. The lowest BCUT2D eigenvalue weighted by atomic mass is 10.1. The molecule has 1 saturated heterocycles. The van der Waals surface area contributed by atoms with E-state index in [0.29, 0.717) is 16.1 Å². The monoisotopic (exact) mass is 529 g/mol. The van der Waals surface area contributed by atoms with E-state index in [4.69, 9.17) is 20.5 Å². The van der Waals surface area contributed by atoms with Crippen LogP contribution in [0.1, 0.15) is 16.7 Å². The second kappa shape index (κ2) is 10.2. The van der Waals surface area contributed by atoms with Gasteiger partial charge in [0.05, 0.1) is 18.6 Å². The molecule has 4 rings (SSSR count). The number of ether oxygens (including phenoxy) is 1. The summed E-state index contributed by atoms with van der Waals surface area (Å²) in [5, 5.41) is 0.0636. The molecule has 1 heterocycles. The van der Waals surface area contributed by atoms with Crippen molar-refractivity contribution >= 4 is 50.7 Å². The van der Waals surface area contributed by atoms with Gasteiger partial charge in [-0.15, -0.1) is 0 Å². The van der Waals surface area contributed by atoms with Crippen LogP contribution in [-0.4, -0.2) is 31.6 Å². The number of rotatable bonds is 7. The first kappa shape index (κ1) is 24.8. The number of thioether (sulfide) groups is 1. The number of aryl methyl sites for hydroxylation is 1. The predicted octanol–water partition coefficient (Wildman–Crippen LogP) is 5.66. The van der Waals surface area contributed by atoms with Crippen LogP contribution in [0, 0.1) is 6.92 Å². The van der Waals surface area contributed by atoms with Crippen LogP contribution in [0.5, 0.6) is 11.5 Å². The number of hydrogen-bond acceptors (Lipinski definition) is 7. The van der Waals surface area contributed by atoms with E-state index in [0.717, 1.165) is 22.2 Å². The van der Waals surface area contributed by atoms with Gasteiger partial charge < -0.3 is 8.92 Å². The average Bonchev–Trinajstić information content (AvgIpc) is 3.08. The average molecular weight is 530 g/mol. The zero-order valence-corrected chi connectivity index (χ0v) is 21.1. The maximum atomic E-state index is 12.9. The summed E-state index contributed by atoms with van der Waals surface area (Å²) in [5.41, 5.74) is 2.11. The van der Waals surface area contributed by atoms with E-state index in [1.54, 1.807) is 42.5 Å². The van der Waals surface area contributed by atoms with Gasteiger partial charge in [0.25, 0.3) is 11.1 Å². The number of carbonyl (C=O) groups is 2. The van der Waals surface area contributed by atoms with E-state index in [-0.39, 0.29) is 27.8 Å². The van der Waals surface area contributed by atoms with Gasteiger partial charge in [0, 0.05) is 5.02 Å². The smallest absolute Gasteiger partial charge is 0.339 e.